The van der Waals surface area contributed by atoms with Crippen LogP contribution in [0.25, 0.3) is 0 Å². The monoisotopic (exact) mass is 387 g/mol. The summed E-state index contributed by atoms with van der Waals surface area (Å²) in [7, 11) is 0. The second-order valence-electron chi connectivity index (χ2n) is 6.13. The topological polar surface area (TPSA) is 69.6 Å². The first-order valence-corrected chi connectivity index (χ1v) is 10.2. The van der Waals surface area contributed by atoms with Crippen LogP contribution in [-0.4, -0.2) is 47.9 Å². The predicted octanol–water partition coefficient (Wildman–Crippen LogP) is 2.60. The second-order valence-corrected chi connectivity index (χ2v) is 7.45. The first-order valence-electron chi connectivity index (χ1n) is 9.37. The number of aromatic nitrogens is 1. The number of carbonyl (C=O) groups excluding carboxylic acids is 1. The highest BCUT2D eigenvalue weighted by Gasteiger charge is 2.12. The van der Waals surface area contributed by atoms with E-state index < -0.39 is 0 Å². The van der Waals surface area contributed by atoms with Crippen LogP contribution in [0.1, 0.15) is 29.3 Å². The van der Waals surface area contributed by atoms with Crippen LogP contribution in [0.15, 0.2) is 41.5 Å². The average Bonchev–Trinajstić information content (AvgIpc) is 3.09. The van der Waals surface area contributed by atoms with Crippen molar-refractivity contribution in [2.75, 3.05) is 26.2 Å². The summed E-state index contributed by atoms with van der Waals surface area (Å²) in [6.45, 7) is 8.94. The van der Waals surface area contributed by atoms with E-state index in [1.807, 2.05) is 55.3 Å². The van der Waals surface area contributed by atoms with Crippen molar-refractivity contribution in [3.8, 4) is 0 Å². The summed E-state index contributed by atoms with van der Waals surface area (Å²) in [4.78, 5) is 24.4. The fourth-order valence-corrected chi connectivity index (χ4v) is 3.36. The molecule has 1 amide bonds. The van der Waals surface area contributed by atoms with Gasteiger partial charge in [-0.25, -0.2) is 9.98 Å². The molecule has 0 radical (unpaired) electrons. The van der Waals surface area contributed by atoms with E-state index in [2.05, 4.69) is 27.5 Å². The first-order chi connectivity index (χ1) is 13.1. The summed E-state index contributed by atoms with van der Waals surface area (Å²) < 4.78 is 0. The molecule has 7 heteroatoms. The van der Waals surface area contributed by atoms with Crippen LogP contribution in [0.4, 0.5) is 0 Å². The van der Waals surface area contributed by atoms with Crippen LogP contribution in [0.3, 0.4) is 0 Å². The smallest absolute Gasteiger partial charge is 0.244 e. The van der Waals surface area contributed by atoms with Crippen LogP contribution in [0.5, 0.6) is 0 Å². The number of aliphatic imine (C=N–C) groups is 1. The molecule has 2 rings (SSSR count). The van der Waals surface area contributed by atoms with Crippen molar-refractivity contribution >= 4 is 23.2 Å². The van der Waals surface area contributed by atoms with Gasteiger partial charge >= 0.3 is 0 Å². The molecule has 2 aromatic rings. The molecule has 0 aliphatic heterocycles. The molecule has 2 N–H and O–H groups in total. The van der Waals surface area contributed by atoms with Crippen LogP contribution < -0.4 is 10.6 Å². The fourth-order valence-electron chi connectivity index (χ4n) is 2.57. The quantitative estimate of drug-likeness (QED) is 0.513. The van der Waals surface area contributed by atoms with Crippen LogP contribution in [-0.2, 0) is 17.8 Å². The lowest BCUT2D eigenvalue weighted by molar-refractivity contribution is -0.130. The van der Waals surface area contributed by atoms with Crippen molar-refractivity contribution in [3.63, 3.8) is 0 Å². The van der Waals surface area contributed by atoms with E-state index >= 15 is 0 Å². The van der Waals surface area contributed by atoms with E-state index in [1.54, 1.807) is 11.3 Å². The number of likely N-dealkylation sites (N-methyl/N-ethyl adjacent to an activating group) is 1. The van der Waals surface area contributed by atoms with Gasteiger partial charge in [0, 0.05) is 43.7 Å². The number of aryl methyl sites for hydroxylation is 1. The minimum Gasteiger partial charge on any atom is -0.357 e. The molecule has 0 atom stereocenters. The first kappa shape index (κ1) is 20.9. The molecule has 0 unspecified atom stereocenters. The van der Waals surface area contributed by atoms with E-state index in [-0.39, 0.29) is 12.5 Å². The number of nitrogens with one attached hydrogen (secondary N) is 2. The highest BCUT2D eigenvalue weighted by Crippen LogP contribution is 2.10. The van der Waals surface area contributed by atoms with Crippen molar-refractivity contribution in [1.29, 1.82) is 0 Å². The molecule has 1 aromatic heterocycles. The summed E-state index contributed by atoms with van der Waals surface area (Å²) in [5.74, 6) is 0.684. The normalized spacial score (nSPS) is 11.3. The SMILES string of the molecule is CCNC(=NCC(=O)N(CC)Cc1ccccc1)NCCc1ncc(C)s1. The number of nitrogens with zero attached hydrogens (tertiary/aromatic N) is 3. The zero-order valence-corrected chi connectivity index (χ0v) is 17.2. The number of guanidine groups is 1. The van der Waals surface area contributed by atoms with Crippen molar-refractivity contribution in [3.05, 3.63) is 52.0 Å². The Morgan fingerprint density at radius 2 is 2.00 bits per heavy atom. The maximum Gasteiger partial charge on any atom is 0.244 e. The molecular formula is C20H29N5OS. The van der Waals surface area contributed by atoms with Crippen LogP contribution in [0.2, 0.25) is 0 Å². The number of carbonyl (C=O) groups is 1. The average molecular weight is 388 g/mol. The summed E-state index contributed by atoms with van der Waals surface area (Å²) >= 11 is 1.71. The molecule has 1 heterocycles. The molecule has 1 aromatic carbocycles. The van der Waals surface area contributed by atoms with E-state index in [4.69, 9.17) is 0 Å². The number of amides is 1. The van der Waals surface area contributed by atoms with Gasteiger partial charge in [0.1, 0.15) is 6.54 Å². The molecule has 0 spiro atoms. The van der Waals surface area contributed by atoms with Gasteiger partial charge in [0.05, 0.1) is 5.01 Å². The Morgan fingerprint density at radius 1 is 1.22 bits per heavy atom. The number of hydrogen-bond acceptors (Lipinski definition) is 4. The Kier molecular flexibility index (Phi) is 8.77. The fraction of sp³-hybridized carbons (Fsp3) is 0.450. The lowest BCUT2D eigenvalue weighted by Crippen LogP contribution is -2.40. The Morgan fingerprint density at radius 3 is 2.63 bits per heavy atom. The number of rotatable bonds is 9. The van der Waals surface area contributed by atoms with E-state index in [1.165, 1.54) is 4.88 Å². The van der Waals surface area contributed by atoms with Crippen molar-refractivity contribution in [2.45, 2.75) is 33.7 Å². The van der Waals surface area contributed by atoms with Gasteiger partial charge in [0.2, 0.25) is 5.91 Å². The van der Waals surface area contributed by atoms with Crippen LogP contribution >= 0.6 is 11.3 Å². The minimum absolute atomic E-state index is 0.0223. The summed E-state index contributed by atoms with van der Waals surface area (Å²) in [6, 6.07) is 10.0. The molecular weight excluding hydrogens is 358 g/mol. The van der Waals surface area contributed by atoms with Gasteiger partial charge in [-0.2, -0.15) is 0 Å². The van der Waals surface area contributed by atoms with E-state index in [0.29, 0.717) is 19.0 Å². The van der Waals surface area contributed by atoms with Gasteiger partial charge in [0.25, 0.3) is 0 Å². The molecule has 0 aliphatic carbocycles. The Balaban J connectivity index is 1.86. The third-order valence-electron chi connectivity index (χ3n) is 3.97. The Labute approximate surface area is 165 Å². The molecule has 6 nitrogen and oxygen atoms in total. The van der Waals surface area contributed by atoms with Crippen LogP contribution in [0, 0.1) is 6.92 Å². The summed E-state index contributed by atoms with van der Waals surface area (Å²) in [6.07, 6.45) is 2.73. The third kappa shape index (κ3) is 7.38. The third-order valence-corrected chi connectivity index (χ3v) is 4.94. The number of benzene rings is 1. The Bertz CT molecular complexity index is 729. The molecule has 0 bridgehead atoms. The van der Waals surface area contributed by atoms with Gasteiger partial charge in [-0.15, -0.1) is 11.3 Å². The van der Waals surface area contributed by atoms with Crippen molar-refractivity contribution in [2.24, 2.45) is 4.99 Å². The maximum atomic E-state index is 12.5. The van der Waals surface area contributed by atoms with Gasteiger partial charge in [0.15, 0.2) is 5.96 Å². The second kappa shape index (κ2) is 11.3. The van der Waals surface area contributed by atoms with Gasteiger partial charge < -0.3 is 15.5 Å². The highest BCUT2D eigenvalue weighted by atomic mass is 32.1. The van der Waals surface area contributed by atoms with Crippen molar-refractivity contribution < 1.29 is 4.79 Å². The zero-order valence-electron chi connectivity index (χ0n) is 16.4. The summed E-state index contributed by atoms with van der Waals surface area (Å²) in [5.41, 5.74) is 1.13. The maximum absolute atomic E-state index is 12.5. The molecule has 146 valence electrons. The predicted molar refractivity (Wildman–Crippen MR) is 112 cm³/mol. The molecule has 0 saturated heterocycles. The molecule has 0 aliphatic rings. The zero-order chi connectivity index (χ0) is 19.5. The number of thiazole rings is 1. The number of hydrogen-bond donors (Lipinski definition) is 2. The minimum atomic E-state index is 0.0223. The standard InChI is InChI=1S/C20H29N5OS/c1-4-21-20(22-12-11-18-23-13-16(3)27-18)24-14-19(26)25(5-2)15-17-9-7-6-8-10-17/h6-10,13H,4-5,11-12,14-15H2,1-3H3,(H2,21,22,24). The largest absolute Gasteiger partial charge is 0.357 e. The summed E-state index contributed by atoms with van der Waals surface area (Å²) in [5, 5.41) is 7.57. The molecule has 0 fully saturated rings. The lowest BCUT2D eigenvalue weighted by Gasteiger charge is -2.20. The van der Waals surface area contributed by atoms with Gasteiger partial charge in [-0.1, -0.05) is 30.3 Å². The Hall–Kier alpha value is -2.41. The molecule has 27 heavy (non-hydrogen) atoms. The molecule has 0 saturated carbocycles. The van der Waals surface area contributed by atoms with Gasteiger partial charge in [-0.3, -0.25) is 4.79 Å². The van der Waals surface area contributed by atoms with Gasteiger partial charge in [-0.05, 0) is 26.3 Å². The lowest BCUT2D eigenvalue weighted by atomic mass is 10.2. The highest BCUT2D eigenvalue weighted by molar-refractivity contribution is 7.11. The van der Waals surface area contributed by atoms with E-state index in [9.17, 15) is 4.79 Å². The van der Waals surface area contributed by atoms with Crippen molar-refractivity contribution in [1.82, 2.24) is 20.5 Å². The van der Waals surface area contributed by atoms with E-state index in [0.717, 1.165) is 30.1 Å².